The molecule has 1 fully saturated rings. The number of hydrogen-bond donors (Lipinski definition) is 0. The molecule has 0 bridgehead atoms. The van der Waals surface area contributed by atoms with E-state index in [4.69, 9.17) is 0 Å². The minimum atomic E-state index is -0.132. The smallest absolute Gasteiger partial charge is 0.266 e. The maximum absolute atomic E-state index is 13.1. The van der Waals surface area contributed by atoms with Crippen molar-refractivity contribution in [3.63, 3.8) is 0 Å². The largest absolute Gasteiger partial charge is 0.334 e. The maximum Gasteiger partial charge on any atom is 0.266 e. The number of rotatable bonds is 3. The zero-order chi connectivity index (χ0) is 19.9. The summed E-state index contributed by atoms with van der Waals surface area (Å²) < 4.78 is 3.48. The molecule has 6 nitrogen and oxygen atoms in total. The molecule has 4 rings (SSSR count). The van der Waals surface area contributed by atoms with Crippen LogP contribution in [0.4, 0.5) is 0 Å². The van der Waals surface area contributed by atoms with Gasteiger partial charge in [0.25, 0.3) is 11.5 Å². The Labute approximate surface area is 164 Å². The average Bonchev–Trinajstić information content (AvgIpc) is 3.28. The van der Waals surface area contributed by atoms with Crippen LogP contribution in [0.25, 0.3) is 5.52 Å². The van der Waals surface area contributed by atoms with Gasteiger partial charge in [-0.1, -0.05) is 26.8 Å². The van der Waals surface area contributed by atoms with Crippen LogP contribution < -0.4 is 5.56 Å². The van der Waals surface area contributed by atoms with Crippen molar-refractivity contribution in [1.29, 1.82) is 0 Å². The SMILES string of the molecule is CC(C)(C)c1ccc(=O)n(CC2CCCN2C(=O)c2cc3ccccn3c2)n1. The van der Waals surface area contributed by atoms with E-state index in [1.54, 1.807) is 12.1 Å². The Morgan fingerprint density at radius 2 is 2.04 bits per heavy atom. The number of nitrogens with zero attached hydrogens (tertiary/aromatic N) is 4. The molecule has 0 radical (unpaired) electrons. The second kappa shape index (κ2) is 6.93. The highest BCUT2D eigenvalue weighted by Crippen LogP contribution is 2.23. The van der Waals surface area contributed by atoms with Crippen LogP contribution in [0.2, 0.25) is 0 Å². The van der Waals surface area contributed by atoms with E-state index in [2.05, 4.69) is 25.9 Å². The molecule has 1 unspecified atom stereocenters. The van der Waals surface area contributed by atoms with Gasteiger partial charge in [0.15, 0.2) is 0 Å². The zero-order valence-corrected chi connectivity index (χ0v) is 16.6. The van der Waals surface area contributed by atoms with Crippen LogP contribution >= 0.6 is 0 Å². The lowest BCUT2D eigenvalue weighted by Crippen LogP contribution is -2.41. The molecule has 146 valence electrons. The van der Waals surface area contributed by atoms with Gasteiger partial charge in [-0.15, -0.1) is 0 Å². The van der Waals surface area contributed by atoms with Crippen LogP contribution in [0.5, 0.6) is 0 Å². The van der Waals surface area contributed by atoms with Gasteiger partial charge in [-0.3, -0.25) is 9.59 Å². The van der Waals surface area contributed by atoms with Crippen molar-refractivity contribution in [2.75, 3.05) is 6.54 Å². The van der Waals surface area contributed by atoms with E-state index in [0.717, 1.165) is 24.1 Å². The van der Waals surface area contributed by atoms with E-state index >= 15 is 0 Å². The summed E-state index contributed by atoms with van der Waals surface area (Å²) in [6.45, 7) is 7.37. The van der Waals surface area contributed by atoms with Crippen LogP contribution in [0.1, 0.15) is 49.7 Å². The molecule has 0 saturated carbocycles. The molecule has 0 aliphatic carbocycles. The molecule has 1 atom stereocenters. The summed E-state index contributed by atoms with van der Waals surface area (Å²) >= 11 is 0. The number of fused-ring (bicyclic) bond motifs is 1. The molecule has 3 aromatic rings. The van der Waals surface area contributed by atoms with Crippen LogP contribution in [-0.2, 0) is 12.0 Å². The predicted molar refractivity (Wildman–Crippen MR) is 109 cm³/mol. The van der Waals surface area contributed by atoms with E-state index in [1.165, 1.54) is 4.68 Å². The van der Waals surface area contributed by atoms with Gasteiger partial charge in [0.1, 0.15) is 0 Å². The Hall–Kier alpha value is -2.89. The maximum atomic E-state index is 13.1. The Morgan fingerprint density at radius 1 is 1.21 bits per heavy atom. The Balaban J connectivity index is 1.59. The lowest BCUT2D eigenvalue weighted by Gasteiger charge is -2.25. The van der Waals surface area contributed by atoms with Gasteiger partial charge in [0.2, 0.25) is 0 Å². The Morgan fingerprint density at radius 3 is 2.79 bits per heavy atom. The highest BCUT2D eigenvalue weighted by Gasteiger charge is 2.31. The van der Waals surface area contributed by atoms with E-state index in [9.17, 15) is 9.59 Å². The fourth-order valence-corrected chi connectivity index (χ4v) is 3.81. The first-order chi connectivity index (χ1) is 13.3. The van der Waals surface area contributed by atoms with Crippen LogP contribution in [-0.4, -0.2) is 37.6 Å². The molecular formula is C22H26N4O2. The zero-order valence-electron chi connectivity index (χ0n) is 16.6. The van der Waals surface area contributed by atoms with Crippen molar-refractivity contribution >= 4 is 11.4 Å². The molecule has 0 spiro atoms. The normalized spacial score (nSPS) is 17.4. The van der Waals surface area contributed by atoms with Gasteiger partial charge in [-0.25, -0.2) is 4.68 Å². The first kappa shape index (κ1) is 18.5. The fraction of sp³-hybridized carbons (Fsp3) is 0.409. The number of aromatic nitrogens is 3. The highest BCUT2D eigenvalue weighted by molar-refractivity contribution is 5.96. The minimum absolute atomic E-state index is 0.0177. The van der Waals surface area contributed by atoms with Gasteiger partial charge in [-0.2, -0.15) is 5.10 Å². The molecule has 0 N–H and O–H groups in total. The van der Waals surface area contributed by atoms with E-state index < -0.39 is 0 Å². The van der Waals surface area contributed by atoms with Crippen molar-refractivity contribution in [3.05, 3.63) is 70.4 Å². The third kappa shape index (κ3) is 3.46. The van der Waals surface area contributed by atoms with E-state index in [0.29, 0.717) is 18.7 Å². The van der Waals surface area contributed by atoms with Crippen molar-refractivity contribution in [2.45, 2.75) is 51.6 Å². The fourth-order valence-electron chi connectivity index (χ4n) is 3.81. The second-order valence-electron chi connectivity index (χ2n) is 8.55. The topological polar surface area (TPSA) is 59.6 Å². The Kier molecular flexibility index (Phi) is 4.57. The molecule has 1 amide bonds. The van der Waals surface area contributed by atoms with Gasteiger partial charge in [0, 0.05) is 35.9 Å². The number of pyridine rings is 1. The third-order valence-electron chi connectivity index (χ3n) is 5.41. The standard InChI is InChI=1S/C22H26N4O2/c1-22(2,3)19-9-10-20(27)26(23-19)15-18-8-6-12-25(18)21(28)16-13-17-7-4-5-11-24(17)14-16/h4-5,7,9-11,13-14,18H,6,8,12,15H2,1-3H3. The molecule has 6 heteroatoms. The summed E-state index contributed by atoms with van der Waals surface area (Å²) in [5.41, 5.74) is 2.30. The van der Waals surface area contributed by atoms with Crippen molar-refractivity contribution in [1.82, 2.24) is 19.1 Å². The predicted octanol–water partition coefficient (Wildman–Crippen LogP) is 3.10. The summed E-state index contributed by atoms with van der Waals surface area (Å²) in [5, 5.41) is 4.57. The first-order valence-electron chi connectivity index (χ1n) is 9.79. The molecular weight excluding hydrogens is 352 g/mol. The van der Waals surface area contributed by atoms with Crippen molar-refractivity contribution in [2.24, 2.45) is 0 Å². The quantitative estimate of drug-likeness (QED) is 0.704. The molecule has 3 aromatic heterocycles. The molecule has 0 aromatic carbocycles. The number of hydrogen-bond acceptors (Lipinski definition) is 3. The van der Waals surface area contributed by atoms with Gasteiger partial charge < -0.3 is 9.30 Å². The summed E-state index contributed by atoms with van der Waals surface area (Å²) in [6.07, 6.45) is 5.64. The van der Waals surface area contributed by atoms with Crippen LogP contribution in [0.15, 0.2) is 53.6 Å². The number of likely N-dealkylation sites (tertiary alicyclic amines) is 1. The number of carbonyl (C=O) groups is 1. The summed E-state index contributed by atoms with van der Waals surface area (Å²) in [6, 6.07) is 11.2. The van der Waals surface area contributed by atoms with Crippen LogP contribution in [0, 0.1) is 0 Å². The summed E-state index contributed by atoms with van der Waals surface area (Å²) in [7, 11) is 0. The highest BCUT2D eigenvalue weighted by atomic mass is 16.2. The lowest BCUT2D eigenvalue weighted by molar-refractivity contribution is 0.0720. The van der Waals surface area contributed by atoms with Crippen LogP contribution in [0.3, 0.4) is 0 Å². The van der Waals surface area contributed by atoms with Gasteiger partial charge in [0.05, 0.1) is 23.8 Å². The molecule has 28 heavy (non-hydrogen) atoms. The molecule has 1 aliphatic heterocycles. The minimum Gasteiger partial charge on any atom is -0.334 e. The molecule has 4 heterocycles. The van der Waals surface area contributed by atoms with Crippen molar-refractivity contribution in [3.8, 4) is 0 Å². The van der Waals surface area contributed by atoms with E-state index in [-0.39, 0.29) is 22.9 Å². The average molecular weight is 378 g/mol. The van der Waals surface area contributed by atoms with Gasteiger partial charge in [-0.05, 0) is 37.1 Å². The van der Waals surface area contributed by atoms with Crippen molar-refractivity contribution < 1.29 is 4.79 Å². The Bertz CT molecular complexity index is 1040. The van der Waals surface area contributed by atoms with Gasteiger partial charge >= 0.3 is 0 Å². The lowest BCUT2D eigenvalue weighted by atomic mass is 9.92. The first-order valence-corrected chi connectivity index (χ1v) is 9.79. The number of carbonyl (C=O) groups excluding carboxylic acids is 1. The van der Waals surface area contributed by atoms with E-state index in [1.807, 2.05) is 46.0 Å². The summed E-state index contributed by atoms with van der Waals surface area (Å²) in [5.74, 6) is 0.0197. The number of amides is 1. The molecule has 1 saturated heterocycles. The third-order valence-corrected chi connectivity index (χ3v) is 5.41. The molecule has 1 aliphatic rings. The second-order valence-corrected chi connectivity index (χ2v) is 8.55. The monoisotopic (exact) mass is 378 g/mol. The summed E-state index contributed by atoms with van der Waals surface area (Å²) in [4.78, 5) is 27.4.